The molecule has 0 saturated carbocycles. The number of aromatic amines is 2. The maximum Gasteiger partial charge on any atom is 0.404 e. The largest absolute Gasteiger partial charge is 0.445 e. The van der Waals surface area contributed by atoms with Crippen molar-refractivity contribution in [3.05, 3.63) is 131 Å². The lowest BCUT2D eigenvalue weighted by molar-refractivity contribution is -0.138. The van der Waals surface area contributed by atoms with Crippen molar-refractivity contribution in [2.24, 2.45) is 5.73 Å². The predicted octanol–water partition coefficient (Wildman–Crippen LogP) is 8.70. The van der Waals surface area contributed by atoms with Gasteiger partial charge < -0.3 is 30.2 Å². The fourth-order valence-corrected chi connectivity index (χ4v) is 9.60. The minimum absolute atomic E-state index is 0.0605. The van der Waals surface area contributed by atoms with Crippen LogP contribution >= 0.6 is 11.3 Å². The van der Waals surface area contributed by atoms with Crippen LogP contribution in [0.4, 0.5) is 4.79 Å². The molecule has 310 valence electrons. The van der Waals surface area contributed by atoms with E-state index in [2.05, 4.69) is 89.4 Å². The van der Waals surface area contributed by atoms with Gasteiger partial charge in [0.1, 0.15) is 23.8 Å². The molecule has 60 heavy (non-hydrogen) atoms. The van der Waals surface area contributed by atoms with E-state index in [0.29, 0.717) is 19.5 Å². The number of nitrogens with one attached hydrogen (secondary N) is 2. The SMILES string of the molecule is CCN(CC)C(C(=O)N1CCCC1c1ncc(-c2ccc(-c3ccc(-c4cnc([C@@H]5CCCN5C(=O)C[C@H](Cc5cccs5)OC(N)=O)[nH]4)cc3)cc2)[nH]1)c1ccccc1. The van der Waals surface area contributed by atoms with Crippen LogP contribution in [0.1, 0.15) is 86.2 Å². The quantitative estimate of drug-likeness (QED) is 0.0937. The van der Waals surface area contributed by atoms with Crippen molar-refractivity contribution in [1.82, 2.24) is 34.6 Å². The monoisotopic (exact) mass is 824 g/mol. The number of carbonyl (C=O) groups excluding carboxylic acids is 3. The Morgan fingerprint density at radius 3 is 1.85 bits per heavy atom. The summed E-state index contributed by atoms with van der Waals surface area (Å²) in [7, 11) is 0. The number of nitrogens with zero attached hydrogens (tertiary/aromatic N) is 5. The van der Waals surface area contributed by atoms with Crippen LogP contribution in [0.15, 0.2) is 109 Å². The molecular formula is C47H52N8O4S. The molecule has 3 aromatic heterocycles. The van der Waals surface area contributed by atoms with Crippen molar-refractivity contribution in [3.8, 4) is 33.6 Å². The Labute approximate surface area is 354 Å². The number of imidazole rings is 2. The minimum atomic E-state index is -0.880. The van der Waals surface area contributed by atoms with Crippen molar-refractivity contribution in [3.63, 3.8) is 0 Å². The van der Waals surface area contributed by atoms with Gasteiger partial charge in [-0.15, -0.1) is 11.3 Å². The number of hydrogen-bond acceptors (Lipinski definition) is 8. The average molecular weight is 825 g/mol. The molecule has 4 N–H and O–H groups in total. The van der Waals surface area contributed by atoms with Crippen LogP contribution in [-0.2, 0) is 20.7 Å². The second-order valence-corrected chi connectivity index (χ2v) is 16.6. The van der Waals surface area contributed by atoms with Gasteiger partial charge in [0.2, 0.25) is 11.8 Å². The molecule has 2 aliphatic rings. The van der Waals surface area contributed by atoms with Gasteiger partial charge in [-0.3, -0.25) is 14.5 Å². The first-order valence-electron chi connectivity index (χ1n) is 21.0. The highest BCUT2D eigenvalue weighted by Crippen LogP contribution is 2.37. The van der Waals surface area contributed by atoms with Gasteiger partial charge in [-0.1, -0.05) is 98.8 Å². The molecule has 2 aliphatic heterocycles. The summed E-state index contributed by atoms with van der Waals surface area (Å²) in [5, 5.41) is 1.96. The summed E-state index contributed by atoms with van der Waals surface area (Å²) in [5.74, 6) is 1.61. The van der Waals surface area contributed by atoms with Crippen LogP contribution < -0.4 is 5.73 Å². The minimum Gasteiger partial charge on any atom is -0.445 e. The summed E-state index contributed by atoms with van der Waals surface area (Å²) < 4.78 is 5.34. The topological polar surface area (TPSA) is 154 Å². The highest BCUT2D eigenvalue weighted by atomic mass is 32.1. The van der Waals surface area contributed by atoms with Gasteiger partial charge in [0.05, 0.1) is 42.3 Å². The first-order valence-corrected chi connectivity index (χ1v) is 21.9. The Balaban J connectivity index is 0.908. The van der Waals surface area contributed by atoms with E-state index in [-0.39, 0.29) is 36.4 Å². The lowest BCUT2D eigenvalue weighted by Crippen LogP contribution is -2.43. The number of likely N-dealkylation sites (tertiary alicyclic amines) is 2. The van der Waals surface area contributed by atoms with Gasteiger partial charge in [0.15, 0.2) is 0 Å². The Morgan fingerprint density at radius 1 is 0.767 bits per heavy atom. The van der Waals surface area contributed by atoms with Gasteiger partial charge >= 0.3 is 6.09 Å². The molecule has 2 saturated heterocycles. The lowest BCUT2D eigenvalue weighted by Gasteiger charge is -2.34. The Kier molecular flexibility index (Phi) is 12.5. The number of hydrogen-bond donors (Lipinski definition) is 3. The van der Waals surface area contributed by atoms with E-state index in [1.807, 2.05) is 57.9 Å². The zero-order chi connectivity index (χ0) is 41.6. The second-order valence-electron chi connectivity index (χ2n) is 15.5. The molecule has 0 bridgehead atoms. The standard InChI is InChI=1S/C47H52N8O4S/c1-3-53(4-2)43(35-11-6-5-7-12-35)46(57)55-25-9-15-41(55)45-50-30-39(52-45)34-22-18-32(19-23-34)31-16-20-33(21-17-31)38-29-49-44(51-38)40-14-8-24-54(40)42(56)28-36(59-47(48)58)27-37-13-10-26-60-37/h5-7,10-13,16-23,26,29-30,36,40-41,43H,3-4,8-9,14-15,24-25,27-28H2,1-2H3,(H2,48,58)(H,49,51)(H,50,52)/t36-,40-,41?,43?/m0/s1. The van der Waals surface area contributed by atoms with E-state index in [1.54, 1.807) is 11.3 Å². The number of ether oxygens (including phenoxy) is 1. The van der Waals surface area contributed by atoms with Crippen LogP contribution in [0.5, 0.6) is 0 Å². The van der Waals surface area contributed by atoms with Gasteiger partial charge in [-0.25, -0.2) is 14.8 Å². The summed E-state index contributed by atoms with van der Waals surface area (Å²) in [4.78, 5) is 63.0. The first kappa shape index (κ1) is 40.7. The molecule has 0 radical (unpaired) electrons. The van der Waals surface area contributed by atoms with Crippen molar-refractivity contribution < 1.29 is 19.1 Å². The average Bonchev–Trinajstić information content (AvgIpc) is 4.12. The van der Waals surface area contributed by atoms with Crippen LogP contribution in [0.3, 0.4) is 0 Å². The number of H-pyrrole nitrogens is 2. The molecule has 2 fully saturated rings. The highest BCUT2D eigenvalue weighted by molar-refractivity contribution is 7.09. The molecule has 0 spiro atoms. The Bertz CT molecular complexity index is 2360. The number of likely N-dealkylation sites (N-methyl/N-ethyl adjacent to an activating group) is 1. The summed E-state index contributed by atoms with van der Waals surface area (Å²) in [6, 6.07) is 30.2. The molecule has 5 heterocycles. The Hall–Kier alpha value is -6.05. The number of thiophene rings is 1. The maximum atomic E-state index is 14.2. The number of amides is 3. The van der Waals surface area contributed by atoms with E-state index >= 15 is 0 Å². The molecule has 6 aromatic rings. The molecule has 12 nitrogen and oxygen atoms in total. The molecule has 8 rings (SSSR count). The van der Waals surface area contributed by atoms with Crippen molar-refractivity contribution in [1.29, 1.82) is 0 Å². The third kappa shape index (κ3) is 8.92. The number of rotatable bonds is 15. The van der Waals surface area contributed by atoms with Gasteiger partial charge in [0.25, 0.3) is 0 Å². The van der Waals surface area contributed by atoms with Crippen LogP contribution in [0, 0.1) is 0 Å². The lowest BCUT2D eigenvalue weighted by atomic mass is 10.0. The normalized spacial score (nSPS) is 17.6. The van der Waals surface area contributed by atoms with E-state index in [1.165, 1.54) is 0 Å². The number of carbonyl (C=O) groups is 3. The maximum absolute atomic E-state index is 14.2. The fourth-order valence-electron chi connectivity index (χ4n) is 8.83. The third-order valence-corrected chi connectivity index (χ3v) is 12.8. The summed E-state index contributed by atoms with van der Waals surface area (Å²) >= 11 is 1.56. The van der Waals surface area contributed by atoms with Gasteiger partial charge in [0, 0.05) is 24.4 Å². The van der Waals surface area contributed by atoms with Crippen LogP contribution in [0.2, 0.25) is 0 Å². The smallest absolute Gasteiger partial charge is 0.404 e. The van der Waals surface area contributed by atoms with Crippen molar-refractivity contribution in [2.45, 2.75) is 76.6 Å². The summed E-state index contributed by atoms with van der Waals surface area (Å²) in [6.07, 6.45) is 6.17. The fraction of sp³-hybridized carbons (Fsp3) is 0.340. The van der Waals surface area contributed by atoms with E-state index in [0.717, 1.165) is 94.5 Å². The van der Waals surface area contributed by atoms with E-state index in [4.69, 9.17) is 20.4 Å². The molecule has 2 unspecified atom stereocenters. The molecule has 3 amide bonds. The number of aromatic nitrogens is 4. The summed E-state index contributed by atoms with van der Waals surface area (Å²) in [6.45, 7) is 7.13. The zero-order valence-electron chi connectivity index (χ0n) is 34.1. The number of primary amides is 1. The third-order valence-electron chi connectivity index (χ3n) is 11.9. The first-order chi connectivity index (χ1) is 29.3. The van der Waals surface area contributed by atoms with Crippen LogP contribution in [-0.4, -0.2) is 84.8 Å². The molecule has 13 heteroatoms. The van der Waals surface area contributed by atoms with Crippen molar-refractivity contribution >= 4 is 29.2 Å². The zero-order valence-corrected chi connectivity index (χ0v) is 34.9. The number of nitrogens with two attached hydrogens (primary N) is 1. The predicted molar refractivity (Wildman–Crippen MR) is 234 cm³/mol. The molecule has 3 aromatic carbocycles. The number of benzene rings is 3. The van der Waals surface area contributed by atoms with E-state index < -0.39 is 12.2 Å². The van der Waals surface area contributed by atoms with Gasteiger partial charge in [-0.2, -0.15) is 0 Å². The second kappa shape index (κ2) is 18.5. The van der Waals surface area contributed by atoms with Crippen molar-refractivity contribution in [2.75, 3.05) is 26.2 Å². The molecule has 0 aliphatic carbocycles. The van der Waals surface area contributed by atoms with E-state index in [9.17, 15) is 14.4 Å². The molecule has 4 atom stereocenters. The highest BCUT2D eigenvalue weighted by Gasteiger charge is 2.38. The summed E-state index contributed by atoms with van der Waals surface area (Å²) in [5.41, 5.74) is 12.4. The Morgan fingerprint density at radius 2 is 1.32 bits per heavy atom. The van der Waals surface area contributed by atoms with Crippen LogP contribution in [0.25, 0.3) is 33.6 Å². The molecular weight excluding hydrogens is 773 g/mol. The van der Waals surface area contributed by atoms with Gasteiger partial charge in [-0.05, 0) is 78.0 Å².